The first kappa shape index (κ1) is 8.48. The minimum absolute atomic E-state index is 0.770. The zero-order chi connectivity index (χ0) is 9.38. The summed E-state index contributed by atoms with van der Waals surface area (Å²) in [5.41, 5.74) is 1.43. The number of hydrogen-bond acceptors (Lipinski definition) is 2. The van der Waals surface area contributed by atoms with E-state index in [0.717, 1.165) is 17.9 Å². The van der Waals surface area contributed by atoms with E-state index in [9.17, 15) is 0 Å². The summed E-state index contributed by atoms with van der Waals surface area (Å²) in [4.78, 5) is 0. The second-order valence-electron chi connectivity index (χ2n) is 4.65. The van der Waals surface area contributed by atoms with Gasteiger partial charge in [0.15, 0.2) is 0 Å². The van der Waals surface area contributed by atoms with Crippen molar-refractivity contribution in [1.82, 2.24) is 15.5 Å². The predicted molar refractivity (Wildman–Crippen MR) is 55.1 cm³/mol. The van der Waals surface area contributed by atoms with Crippen molar-refractivity contribution in [3.63, 3.8) is 0 Å². The summed E-state index contributed by atoms with van der Waals surface area (Å²) in [5, 5.41) is 10.6. The van der Waals surface area contributed by atoms with Crippen molar-refractivity contribution in [3.05, 3.63) is 18.0 Å². The maximum atomic E-state index is 4.06. The number of piperidine rings is 1. The van der Waals surface area contributed by atoms with Gasteiger partial charge in [-0.05, 0) is 49.6 Å². The van der Waals surface area contributed by atoms with E-state index in [4.69, 9.17) is 0 Å². The normalized spacial score (nSPS) is 37.0. The molecule has 0 amide bonds. The maximum Gasteiger partial charge on any atom is 0.0522 e. The fraction of sp³-hybridized carbons (Fsp3) is 0.727. The van der Waals surface area contributed by atoms with Gasteiger partial charge in [0, 0.05) is 12.2 Å². The van der Waals surface area contributed by atoms with E-state index >= 15 is 0 Å². The first-order valence-corrected chi connectivity index (χ1v) is 5.65. The molecule has 2 bridgehead atoms. The molecule has 1 saturated heterocycles. The van der Waals surface area contributed by atoms with E-state index in [2.05, 4.69) is 21.7 Å². The number of fused-ring (bicyclic) bond motifs is 2. The van der Waals surface area contributed by atoms with Gasteiger partial charge in [0.05, 0.1) is 6.20 Å². The highest BCUT2D eigenvalue weighted by Crippen LogP contribution is 2.40. The van der Waals surface area contributed by atoms with Crippen molar-refractivity contribution < 1.29 is 0 Å². The van der Waals surface area contributed by atoms with Gasteiger partial charge >= 0.3 is 0 Å². The summed E-state index contributed by atoms with van der Waals surface area (Å²) in [6.45, 7) is 1.21. The fourth-order valence-electron chi connectivity index (χ4n) is 3.14. The van der Waals surface area contributed by atoms with Gasteiger partial charge in [-0.3, -0.25) is 5.10 Å². The van der Waals surface area contributed by atoms with Crippen molar-refractivity contribution in [2.24, 2.45) is 5.92 Å². The number of rotatable bonds is 1. The Morgan fingerprint density at radius 1 is 1.29 bits per heavy atom. The Kier molecular flexibility index (Phi) is 2.05. The molecule has 1 aliphatic heterocycles. The molecule has 1 aromatic rings. The van der Waals surface area contributed by atoms with Crippen LogP contribution in [0, 0.1) is 5.92 Å². The molecular weight excluding hydrogens is 174 g/mol. The van der Waals surface area contributed by atoms with Crippen molar-refractivity contribution in [1.29, 1.82) is 0 Å². The minimum Gasteiger partial charge on any atom is -0.314 e. The topological polar surface area (TPSA) is 40.7 Å². The number of nitrogens with zero attached hydrogens (tertiary/aromatic N) is 1. The number of hydrogen-bond donors (Lipinski definition) is 2. The van der Waals surface area contributed by atoms with Crippen LogP contribution in [0.25, 0.3) is 0 Å². The van der Waals surface area contributed by atoms with Gasteiger partial charge in [-0.15, -0.1) is 0 Å². The van der Waals surface area contributed by atoms with Crippen LogP contribution in [-0.2, 0) is 0 Å². The van der Waals surface area contributed by atoms with E-state index in [1.807, 2.05) is 6.20 Å². The zero-order valence-corrected chi connectivity index (χ0v) is 8.37. The molecule has 2 N–H and O–H groups in total. The van der Waals surface area contributed by atoms with E-state index in [0.29, 0.717) is 0 Å². The van der Waals surface area contributed by atoms with Crippen LogP contribution in [0.1, 0.15) is 37.2 Å². The lowest BCUT2D eigenvalue weighted by atomic mass is 9.71. The lowest BCUT2D eigenvalue weighted by molar-refractivity contribution is 0.195. The second kappa shape index (κ2) is 3.39. The average molecular weight is 191 g/mol. The Bertz CT molecular complexity index is 293. The molecule has 14 heavy (non-hydrogen) atoms. The zero-order valence-electron chi connectivity index (χ0n) is 8.37. The van der Waals surface area contributed by atoms with Crippen LogP contribution < -0.4 is 5.32 Å². The van der Waals surface area contributed by atoms with Gasteiger partial charge in [-0.2, -0.15) is 5.10 Å². The quantitative estimate of drug-likeness (QED) is 0.708. The first-order chi connectivity index (χ1) is 6.93. The van der Waals surface area contributed by atoms with E-state index in [1.54, 1.807) is 0 Å². The van der Waals surface area contributed by atoms with Crippen LogP contribution >= 0.6 is 0 Å². The molecule has 1 saturated carbocycles. The van der Waals surface area contributed by atoms with Gasteiger partial charge in [0.1, 0.15) is 0 Å². The Hall–Kier alpha value is -0.830. The smallest absolute Gasteiger partial charge is 0.0522 e. The van der Waals surface area contributed by atoms with Crippen molar-refractivity contribution in [3.8, 4) is 0 Å². The standard InChI is InChI=1S/C11H17N3/c1-2-11(9-6-13-14-7-9)8-3-4-12-10(1)5-8/h6-8,10-12H,1-5H2,(H,13,14). The average Bonchev–Trinajstić information content (AvgIpc) is 2.71. The molecule has 2 heterocycles. The van der Waals surface area contributed by atoms with Gasteiger partial charge in [-0.25, -0.2) is 0 Å². The number of nitrogens with one attached hydrogen (secondary N) is 2. The van der Waals surface area contributed by atoms with Crippen molar-refractivity contribution >= 4 is 0 Å². The van der Waals surface area contributed by atoms with Gasteiger partial charge in [0.2, 0.25) is 0 Å². The van der Waals surface area contributed by atoms with Gasteiger partial charge in [0.25, 0.3) is 0 Å². The molecule has 1 aromatic heterocycles. The Labute approximate surface area is 84.3 Å². The summed E-state index contributed by atoms with van der Waals surface area (Å²) in [6, 6.07) is 0.803. The van der Waals surface area contributed by atoms with Crippen LogP contribution in [0.2, 0.25) is 0 Å². The molecule has 3 rings (SSSR count). The Balaban J connectivity index is 1.80. The van der Waals surface area contributed by atoms with Gasteiger partial charge < -0.3 is 5.32 Å². The fourth-order valence-corrected chi connectivity index (χ4v) is 3.14. The summed E-state index contributed by atoms with van der Waals surface area (Å²) in [5.74, 6) is 1.67. The second-order valence-corrected chi connectivity index (χ2v) is 4.65. The van der Waals surface area contributed by atoms with E-state index < -0.39 is 0 Å². The van der Waals surface area contributed by atoms with Crippen molar-refractivity contribution in [2.75, 3.05) is 6.54 Å². The van der Waals surface area contributed by atoms with Gasteiger partial charge in [-0.1, -0.05) is 0 Å². The summed E-state index contributed by atoms with van der Waals surface area (Å²) < 4.78 is 0. The molecule has 0 aromatic carbocycles. The summed E-state index contributed by atoms with van der Waals surface area (Å²) in [7, 11) is 0. The summed E-state index contributed by atoms with van der Waals surface area (Å²) >= 11 is 0. The number of H-pyrrole nitrogens is 1. The van der Waals surface area contributed by atoms with E-state index in [-0.39, 0.29) is 0 Å². The molecule has 76 valence electrons. The SMILES string of the molecule is c1n[nH]cc1C1CCC2CC1CCN2. The highest BCUT2D eigenvalue weighted by atomic mass is 15.1. The molecule has 3 unspecified atom stereocenters. The Morgan fingerprint density at radius 3 is 3.14 bits per heavy atom. The largest absolute Gasteiger partial charge is 0.314 e. The molecule has 3 nitrogen and oxygen atoms in total. The third-order valence-corrected chi connectivity index (χ3v) is 3.88. The molecule has 2 fully saturated rings. The van der Waals surface area contributed by atoms with Crippen LogP contribution in [0.4, 0.5) is 0 Å². The molecule has 0 radical (unpaired) electrons. The lowest BCUT2D eigenvalue weighted by Crippen LogP contribution is -2.43. The predicted octanol–water partition coefficient (Wildman–Crippen LogP) is 1.66. The number of aromatic nitrogens is 2. The maximum absolute atomic E-state index is 4.06. The minimum atomic E-state index is 0.770. The molecule has 0 spiro atoms. The highest BCUT2D eigenvalue weighted by molar-refractivity contribution is 5.14. The summed E-state index contributed by atoms with van der Waals surface area (Å²) in [6.07, 6.45) is 9.47. The third-order valence-electron chi connectivity index (χ3n) is 3.88. The first-order valence-electron chi connectivity index (χ1n) is 5.65. The molecule has 3 atom stereocenters. The van der Waals surface area contributed by atoms with Crippen LogP contribution in [0.5, 0.6) is 0 Å². The van der Waals surface area contributed by atoms with Crippen molar-refractivity contribution in [2.45, 2.75) is 37.6 Å². The van der Waals surface area contributed by atoms with Crippen LogP contribution in [0.15, 0.2) is 12.4 Å². The molecule has 3 heteroatoms. The molecule has 1 aliphatic carbocycles. The molecule has 2 aliphatic rings. The number of aromatic amines is 1. The monoisotopic (exact) mass is 191 g/mol. The highest BCUT2D eigenvalue weighted by Gasteiger charge is 2.34. The third kappa shape index (κ3) is 1.36. The molecular formula is C11H17N3. The van der Waals surface area contributed by atoms with Crippen LogP contribution in [0.3, 0.4) is 0 Å². The lowest BCUT2D eigenvalue weighted by Gasteiger charge is -2.40. The van der Waals surface area contributed by atoms with Crippen LogP contribution in [-0.4, -0.2) is 22.8 Å². The Morgan fingerprint density at radius 2 is 2.29 bits per heavy atom. The van der Waals surface area contributed by atoms with E-state index in [1.165, 1.54) is 37.8 Å².